The summed E-state index contributed by atoms with van der Waals surface area (Å²) in [5.74, 6) is 0. The van der Waals surface area contributed by atoms with Gasteiger partial charge in [0, 0.05) is 6.77 Å². The van der Waals surface area contributed by atoms with Gasteiger partial charge in [0.2, 0.25) is 0 Å². The Bertz CT molecular complexity index is 163. The monoisotopic (exact) mass is 313 g/mol. The number of halogens is 1. The van der Waals surface area contributed by atoms with Crippen molar-refractivity contribution in [2.75, 3.05) is 6.16 Å². The van der Waals surface area contributed by atoms with Crippen LogP contribution in [0.4, 0.5) is 0 Å². The topological polar surface area (TPSA) is 3.24 Å². The fraction of sp³-hybridized carbons (Fsp3) is 1.00. The van der Waals surface area contributed by atoms with Gasteiger partial charge in [0.15, 0.2) is 0 Å². The fourth-order valence-corrected chi connectivity index (χ4v) is 26.0. The lowest BCUT2D eigenvalue weighted by atomic mass is 10.6. The van der Waals surface area contributed by atoms with Gasteiger partial charge in [-0.1, -0.05) is 52.6 Å². The second-order valence-electron chi connectivity index (χ2n) is 5.71. The number of nitrogens with zero attached hydrogens (tertiary/aromatic N) is 1. The molecule has 0 saturated heterocycles. The summed E-state index contributed by atoms with van der Waals surface area (Å²) in [5.41, 5.74) is 0. The molecule has 0 amide bonds. The van der Waals surface area contributed by atoms with Crippen molar-refractivity contribution >= 4 is 38.7 Å². The molecule has 1 nitrogen and oxygen atoms in total. The average molecular weight is 314 g/mol. The van der Waals surface area contributed by atoms with Gasteiger partial charge in [-0.3, -0.25) is 0 Å². The maximum Gasteiger partial charge on any atom is 0.116 e. The maximum atomic E-state index is 3.94. The normalized spacial score (nSPS) is 16.1. The van der Waals surface area contributed by atoms with Gasteiger partial charge in [0.1, 0.15) is 16.5 Å². The van der Waals surface area contributed by atoms with Gasteiger partial charge in [0.25, 0.3) is 0 Å². The highest BCUT2D eigenvalue weighted by Gasteiger charge is 2.38. The molecule has 0 bridgehead atoms. The van der Waals surface area contributed by atoms with E-state index >= 15 is 0 Å². The minimum absolute atomic E-state index is 0.0509. The van der Waals surface area contributed by atoms with E-state index in [4.69, 9.17) is 0 Å². The summed E-state index contributed by atoms with van der Waals surface area (Å²) in [7, 11) is -2.29. The Morgan fingerprint density at radius 1 is 1.00 bits per heavy atom. The van der Waals surface area contributed by atoms with Crippen molar-refractivity contribution in [1.29, 1.82) is 0 Å². The second kappa shape index (κ2) is 5.58. The van der Waals surface area contributed by atoms with E-state index in [0.717, 1.165) is 0 Å². The van der Waals surface area contributed by atoms with Gasteiger partial charge in [-0.2, -0.15) is 0 Å². The molecular weight excluding hydrogens is 289 g/mol. The van der Waals surface area contributed by atoms with Crippen LogP contribution in [-0.4, -0.2) is 26.6 Å². The Labute approximate surface area is 101 Å². The van der Waals surface area contributed by atoms with Crippen molar-refractivity contribution in [3.63, 3.8) is 0 Å². The summed E-state index contributed by atoms with van der Waals surface area (Å²) in [4.78, 5) is 0. The summed E-state index contributed by atoms with van der Waals surface area (Å²) in [6.07, 6.45) is 2.63. The van der Waals surface area contributed by atoms with Crippen LogP contribution in [0.5, 0.6) is 0 Å². The molecule has 0 aromatic carbocycles. The van der Waals surface area contributed by atoms with Crippen LogP contribution in [0.15, 0.2) is 0 Å². The third-order valence-corrected chi connectivity index (χ3v) is 18.5. The second-order valence-corrected chi connectivity index (χ2v) is 20.5. The molecule has 86 valence electrons. The van der Waals surface area contributed by atoms with Crippen molar-refractivity contribution < 1.29 is 0 Å². The van der Waals surface area contributed by atoms with Gasteiger partial charge in [-0.15, -0.1) is 0 Å². The molecule has 1 atom stereocenters. The largest absolute Gasteiger partial charge is 0.316 e. The van der Waals surface area contributed by atoms with Gasteiger partial charge < -0.3 is 4.00 Å². The van der Waals surface area contributed by atoms with Crippen molar-refractivity contribution in [3.05, 3.63) is 0 Å². The predicted octanol–water partition coefficient (Wildman–Crippen LogP) is 5.08. The van der Waals surface area contributed by atoms with Crippen LogP contribution in [-0.2, 0) is 0 Å². The fourth-order valence-electron chi connectivity index (χ4n) is 1.94. The lowest BCUT2D eigenvalue weighted by molar-refractivity contribution is 0.960. The van der Waals surface area contributed by atoms with Crippen LogP contribution in [0, 0.1) is 0 Å². The molecule has 0 heterocycles. The lowest BCUT2D eigenvalue weighted by Crippen LogP contribution is -2.55. The van der Waals surface area contributed by atoms with E-state index in [1.807, 2.05) is 0 Å². The maximum absolute atomic E-state index is 3.94. The smallest absolute Gasteiger partial charge is 0.116 e. The quantitative estimate of drug-likeness (QED) is 0.505. The Morgan fingerprint density at radius 3 is 1.57 bits per heavy atom. The van der Waals surface area contributed by atoms with E-state index in [9.17, 15) is 0 Å². The van der Waals surface area contributed by atoms with E-state index in [1.54, 1.807) is 0 Å². The Balaban J connectivity index is 4.74. The summed E-state index contributed by atoms with van der Waals surface area (Å²) in [5, 5.41) is 0. The van der Waals surface area contributed by atoms with E-state index in [1.165, 1.54) is 12.6 Å². The standard InChI is InChI=1S/C9H25BrNPSi2/c1-8-9-12(10)11(13(2,3)4)14(5,6)7/h8-9H2,1-7H3. The minimum Gasteiger partial charge on any atom is -0.316 e. The average Bonchev–Trinajstić information content (AvgIpc) is 1.78. The Hall–Kier alpha value is 1.30. The summed E-state index contributed by atoms with van der Waals surface area (Å²) < 4.78 is 2.89. The highest BCUT2D eigenvalue weighted by molar-refractivity contribution is 9.39. The van der Waals surface area contributed by atoms with Crippen molar-refractivity contribution in [3.8, 4) is 0 Å². The lowest BCUT2D eigenvalue weighted by Gasteiger charge is -2.46. The molecule has 0 aliphatic heterocycles. The number of hydrogen-bond acceptors (Lipinski definition) is 1. The molecule has 0 radical (unpaired) electrons. The zero-order valence-electron chi connectivity index (χ0n) is 10.7. The molecule has 1 unspecified atom stereocenters. The molecule has 0 saturated carbocycles. The van der Waals surface area contributed by atoms with Gasteiger partial charge in [-0.25, -0.2) is 0 Å². The van der Waals surface area contributed by atoms with Crippen LogP contribution in [0.2, 0.25) is 39.3 Å². The first-order valence-electron chi connectivity index (χ1n) is 5.34. The highest BCUT2D eigenvalue weighted by Crippen LogP contribution is 2.53. The van der Waals surface area contributed by atoms with Crippen LogP contribution in [0.1, 0.15) is 13.3 Å². The van der Waals surface area contributed by atoms with Crippen LogP contribution in [0.25, 0.3) is 0 Å². The molecule has 5 heteroatoms. The van der Waals surface area contributed by atoms with E-state index in [-0.39, 0.29) is 6.77 Å². The Kier molecular flexibility index (Phi) is 6.10. The molecule has 0 aliphatic rings. The minimum atomic E-state index is -1.15. The van der Waals surface area contributed by atoms with E-state index in [0.29, 0.717) is 0 Å². The molecule has 0 N–H and O–H groups in total. The third kappa shape index (κ3) is 4.89. The summed E-state index contributed by atoms with van der Waals surface area (Å²) in [6.45, 7) is 17.0. The van der Waals surface area contributed by atoms with Gasteiger partial charge in [-0.05, 0) is 21.7 Å². The molecule has 14 heavy (non-hydrogen) atoms. The van der Waals surface area contributed by atoms with Gasteiger partial charge in [0.05, 0.1) is 0 Å². The number of rotatable bonds is 5. The molecule has 0 spiro atoms. The van der Waals surface area contributed by atoms with Crippen molar-refractivity contribution in [2.45, 2.75) is 52.6 Å². The summed E-state index contributed by atoms with van der Waals surface area (Å²) >= 11 is 3.94. The molecular formula is C9H25BrNPSi2. The third-order valence-electron chi connectivity index (χ3n) is 1.90. The predicted molar refractivity (Wildman–Crippen MR) is 79.5 cm³/mol. The van der Waals surface area contributed by atoms with Crippen molar-refractivity contribution in [2.24, 2.45) is 0 Å². The first kappa shape index (κ1) is 15.3. The summed E-state index contributed by atoms with van der Waals surface area (Å²) in [6, 6.07) is 0. The molecule has 0 rings (SSSR count). The zero-order chi connectivity index (χ0) is 11.6. The Morgan fingerprint density at radius 2 is 1.36 bits per heavy atom. The van der Waals surface area contributed by atoms with Crippen LogP contribution < -0.4 is 0 Å². The van der Waals surface area contributed by atoms with Crippen molar-refractivity contribution in [1.82, 2.24) is 4.00 Å². The van der Waals surface area contributed by atoms with E-state index in [2.05, 4.69) is 65.7 Å². The zero-order valence-corrected chi connectivity index (χ0v) is 15.2. The number of hydrogen-bond donors (Lipinski definition) is 0. The molecule has 0 fully saturated rings. The van der Waals surface area contributed by atoms with Crippen LogP contribution >= 0.6 is 22.3 Å². The SMILES string of the molecule is CCCP(Br)N([Si](C)(C)C)[Si](C)(C)C. The molecule has 0 aliphatic carbocycles. The first-order chi connectivity index (χ1) is 6.10. The van der Waals surface area contributed by atoms with E-state index < -0.39 is 16.5 Å². The van der Waals surface area contributed by atoms with Crippen LogP contribution in [0.3, 0.4) is 0 Å². The van der Waals surface area contributed by atoms with Gasteiger partial charge >= 0.3 is 0 Å². The first-order valence-corrected chi connectivity index (χ1v) is 15.7. The molecule has 0 aromatic heterocycles. The highest BCUT2D eigenvalue weighted by atomic mass is 79.9. The molecule has 0 aromatic rings.